The molecule has 0 aromatic carbocycles. The summed E-state index contributed by atoms with van der Waals surface area (Å²) >= 11 is 0. The fourth-order valence-corrected chi connectivity index (χ4v) is 1.96. The van der Waals surface area contributed by atoms with Crippen LogP contribution in [-0.2, 0) is 0 Å². The van der Waals surface area contributed by atoms with Crippen LogP contribution in [0.2, 0.25) is 0 Å². The van der Waals surface area contributed by atoms with Gasteiger partial charge in [-0.1, -0.05) is 0 Å². The van der Waals surface area contributed by atoms with Gasteiger partial charge in [0, 0.05) is 12.5 Å². The van der Waals surface area contributed by atoms with Crippen LogP contribution in [0.4, 0.5) is 0 Å². The third kappa shape index (κ3) is 2.15. The largest absolute Gasteiger partial charge is 0.437 e. The van der Waals surface area contributed by atoms with Crippen LogP contribution in [-0.4, -0.2) is 37.4 Å². The van der Waals surface area contributed by atoms with Crippen molar-refractivity contribution in [1.29, 1.82) is 0 Å². The van der Waals surface area contributed by atoms with Gasteiger partial charge in [0.1, 0.15) is 0 Å². The number of hydrogen-bond acceptors (Lipinski definition) is 5. The molecule has 5 nitrogen and oxygen atoms in total. The van der Waals surface area contributed by atoms with Crippen LogP contribution >= 0.6 is 0 Å². The molecule has 5 heteroatoms. The zero-order chi connectivity index (χ0) is 11.5. The van der Waals surface area contributed by atoms with E-state index in [0.29, 0.717) is 29.8 Å². The Labute approximate surface area is 94.6 Å². The number of nitrogens with zero attached hydrogens (tertiary/aromatic N) is 1. The second kappa shape index (κ2) is 4.76. The molecule has 16 heavy (non-hydrogen) atoms. The number of nitrogens with one attached hydrogen (secondary N) is 2. The average Bonchev–Trinajstić information content (AvgIpc) is 2.86. The highest BCUT2D eigenvalue weighted by molar-refractivity contribution is 5.95. The summed E-state index contributed by atoms with van der Waals surface area (Å²) in [6.45, 7) is 3.99. The predicted molar refractivity (Wildman–Crippen MR) is 59.7 cm³/mol. The highest BCUT2D eigenvalue weighted by Gasteiger charge is 2.24. The first kappa shape index (κ1) is 11.3. The topological polar surface area (TPSA) is 67.2 Å². The van der Waals surface area contributed by atoms with Gasteiger partial charge < -0.3 is 15.1 Å². The van der Waals surface area contributed by atoms with Crippen molar-refractivity contribution in [3.05, 3.63) is 17.3 Å². The molecule has 1 saturated heterocycles. The van der Waals surface area contributed by atoms with Crippen molar-refractivity contribution in [3.63, 3.8) is 0 Å². The van der Waals surface area contributed by atoms with E-state index < -0.39 is 0 Å². The SMILES string of the molecule is CNCC(=O)c1oc(C2CCNC2)nc1C. The number of likely N-dealkylation sites (N-methyl/N-ethyl adjacent to an activating group) is 1. The van der Waals surface area contributed by atoms with Gasteiger partial charge in [0.15, 0.2) is 11.7 Å². The van der Waals surface area contributed by atoms with Crippen molar-refractivity contribution < 1.29 is 9.21 Å². The third-order valence-electron chi connectivity index (χ3n) is 2.81. The number of carbonyl (C=O) groups excluding carboxylic acids is 1. The lowest BCUT2D eigenvalue weighted by molar-refractivity contribution is 0.0964. The van der Waals surface area contributed by atoms with Crippen LogP contribution in [0, 0.1) is 6.92 Å². The van der Waals surface area contributed by atoms with Gasteiger partial charge in [0.05, 0.1) is 12.2 Å². The van der Waals surface area contributed by atoms with Gasteiger partial charge in [-0.25, -0.2) is 4.98 Å². The normalized spacial score (nSPS) is 20.2. The Kier molecular flexibility index (Phi) is 3.36. The zero-order valence-corrected chi connectivity index (χ0v) is 9.67. The minimum Gasteiger partial charge on any atom is -0.437 e. The maximum atomic E-state index is 11.7. The summed E-state index contributed by atoms with van der Waals surface area (Å²) in [7, 11) is 1.74. The minimum absolute atomic E-state index is 0.0373. The molecule has 1 fully saturated rings. The first-order valence-electron chi connectivity index (χ1n) is 5.58. The van der Waals surface area contributed by atoms with Gasteiger partial charge in [0.2, 0.25) is 5.78 Å². The monoisotopic (exact) mass is 223 g/mol. The van der Waals surface area contributed by atoms with Crippen molar-refractivity contribution in [3.8, 4) is 0 Å². The highest BCUT2D eigenvalue weighted by Crippen LogP contribution is 2.23. The Balaban J connectivity index is 2.17. The molecule has 1 atom stereocenters. The van der Waals surface area contributed by atoms with Crippen LogP contribution < -0.4 is 10.6 Å². The number of hydrogen-bond donors (Lipinski definition) is 2. The van der Waals surface area contributed by atoms with Crippen molar-refractivity contribution in [2.45, 2.75) is 19.3 Å². The maximum Gasteiger partial charge on any atom is 0.213 e. The van der Waals surface area contributed by atoms with E-state index in [1.165, 1.54) is 0 Å². The fourth-order valence-electron chi connectivity index (χ4n) is 1.96. The fraction of sp³-hybridized carbons (Fsp3) is 0.636. The third-order valence-corrected chi connectivity index (χ3v) is 2.81. The number of aromatic nitrogens is 1. The Morgan fingerprint density at radius 1 is 1.69 bits per heavy atom. The van der Waals surface area contributed by atoms with E-state index in [1.54, 1.807) is 7.05 Å². The molecule has 88 valence electrons. The van der Waals surface area contributed by atoms with E-state index >= 15 is 0 Å². The number of Topliss-reactive ketones (excluding diaryl/α,β-unsaturated/α-hetero) is 1. The molecule has 0 spiro atoms. The number of aryl methyl sites for hydroxylation is 1. The Hall–Kier alpha value is -1.20. The summed E-state index contributed by atoms with van der Waals surface area (Å²) < 4.78 is 5.57. The van der Waals surface area contributed by atoms with E-state index in [-0.39, 0.29) is 5.78 Å². The molecule has 1 aromatic rings. The summed E-state index contributed by atoms with van der Waals surface area (Å²) in [5.41, 5.74) is 0.696. The van der Waals surface area contributed by atoms with Gasteiger partial charge >= 0.3 is 0 Å². The lowest BCUT2D eigenvalue weighted by Gasteiger charge is -2.00. The highest BCUT2D eigenvalue weighted by atomic mass is 16.4. The smallest absolute Gasteiger partial charge is 0.213 e. The molecule has 0 aliphatic carbocycles. The molecule has 0 bridgehead atoms. The predicted octanol–water partition coefficient (Wildman–Crippen LogP) is 0.462. The molecular formula is C11H17N3O2. The van der Waals surface area contributed by atoms with Crippen molar-refractivity contribution in [2.75, 3.05) is 26.7 Å². The first-order chi connectivity index (χ1) is 7.72. The van der Waals surface area contributed by atoms with E-state index in [0.717, 1.165) is 19.5 Å². The molecule has 2 N–H and O–H groups in total. The van der Waals surface area contributed by atoms with Crippen LogP contribution in [0.1, 0.15) is 34.5 Å². The van der Waals surface area contributed by atoms with Crippen molar-refractivity contribution in [1.82, 2.24) is 15.6 Å². The molecule has 2 heterocycles. The summed E-state index contributed by atoms with van der Waals surface area (Å²) in [5.74, 6) is 1.37. The van der Waals surface area contributed by atoms with Crippen molar-refractivity contribution in [2.24, 2.45) is 0 Å². The summed E-state index contributed by atoms with van der Waals surface area (Å²) in [6, 6.07) is 0. The standard InChI is InChI=1S/C11H17N3O2/c1-7-10(9(15)6-12-2)16-11(14-7)8-3-4-13-5-8/h8,12-13H,3-6H2,1-2H3. The molecule has 2 rings (SSSR count). The molecule has 1 aromatic heterocycles. The van der Waals surface area contributed by atoms with E-state index in [9.17, 15) is 4.79 Å². The zero-order valence-electron chi connectivity index (χ0n) is 9.67. The van der Waals surface area contributed by atoms with Gasteiger partial charge in [-0.3, -0.25) is 4.79 Å². The quantitative estimate of drug-likeness (QED) is 0.726. The van der Waals surface area contributed by atoms with Crippen LogP contribution in [0.15, 0.2) is 4.42 Å². The molecule has 1 aliphatic rings. The number of carbonyl (C=O) groups is 1. The second-order valence-electron chi connectivity index (χ2n) is 4.11. The Morgan fingerprint density at radius 2 is 2.50 bits per heavy atom. The lowest BCUT2D eigenvalue weighted by atomic mass is 10.1. The van der Waals surface area contributed by atoms with E-state index in [4.69, 9.17) is 4.42 Å². The second-order valence-corrected chi connectivity index (χ2v) is 4.11. The van der Waals surface area contributed by atoms with E-state index in [2.05, 4.69) is 15.6 Å². The summed E-state index contributed by atoms with van der Waals surface area (Å²) in [6.07, 6.45) is 1.03. The number of rotatable bonds is 4. The molecule has 0 radical (unpaired) electrons. The molecule has 0 saturated carbocycles. The summed E-state index contributed by atoms with van der Waals surface area (Å²) in [4.78, 5) is 16.0. The molecule has 1 aliphatic heterocycles. The summed E-state index contributed by atoms with van der Waals surface area (Å²) in [5, 5.41) is 6.08. The molecule has 1 unspecified atom stereocenters. The molecular weight excluding hydrogens is 206 g/mol. The Bertz CT molecular complexity index is 381. The minimum atomic E-state index is -0.0373. The van der Waals surface area contributed by atoms with Gasteiger partial charge in [-0.05, 0) is 26.9 Å². The van der Waals surface area contributed by atoms with Crippen molar-refractivity contribution >= 4 is 5.78 Å². The molecule has 0 amide bonds. The Morgan fingerprint density at radius 3 is 3.12 bits per heavy atom. The van der Waals surface area contributed by atoms with Gasteiger partial charge in [-0.15, -0.1) is 0 Å². The number of oxazole rings is 1. The number of ketones is 1. The van der Waals surface area contributed by atoms with Gasteiger partial charge in [-0.2, -0.15) is 0 Å². The van der Waals surface area contributed by atoms with Crippen LogP contribution in [0.3, 0.4) is 0 Å². The van der Waals surface area contributed by atoms with E-state index in [1.807, 2.05) is 6.92 Å². The maximum absolute atomic E-state index is 11.7. The average molecular weight is 223 g/mol. The van der Waals surface area contributed by atoms with Gasteiger partial charge in [0.25, 0.3) is 0 Å². The van der Waals surface area contributed by atoms with Crippen LogP contribution in [0.25, 0.3) is 0 Å². The van der Waals surface area contributed by atoms with Crippen LogP contribution in [0.5, 0.6) is 0 Å². The first-order valence-corrected chi connectivity index (χ1v) is 5.58. The lowest BCUT2D eigenvalue weighted by Crippen LogP contribution is -2.18.